The molecule has 8 heteroatoms. The van der Waals surface area contributed by atoms with Gasteiger partial charge in [-0.25, -0.2) is 4.39 Å². The number of hydrogen-bond donors (Lipinski definition) is 0. The number of carbonyl (C=O) groups is 2. The Morgan fingerprint density at radius 1 is 0.929 bits per heavy atom. The molecule has 5 nitrogen and oxygen atoms in total. The fraction of sp³-hybridized carbons (Fsp3) is 0. The van der Waals surface area contributed by atoms with Gasteiger partial charge in [0.05, 0.1) is 4.92 Å². The SMILES string of the molecule is O=C1C(=O)C([N+](=O)[O-])=C(F)C(F)=C1F. The standard InChI is InChI=1S/C6F3NO4/c7-1-2(8)4(10(13)14)6(12)5(11)3(1)9. The van der Waals surface area contributed by atoms with Crippen LogP contribution in [0.25, 0.3) is 0 Å². The van der Waals surface area contributed by atoms with E-state index in [9.17, 15) is 32.9 Å². The van der Waals surface area contributed by atoms with Crippen LogP contribution in [0.2, 0.25) is 0 Å². The first-order valence-electron chi connectivity index (χ1n) is 3.06. The van der Waals surface area contributed by atoms with E-state index in [1.807, 2.05) is 0 Å². The maximum atomic E-state index is 12.6. The van der Waals surface area contributed by atoms with E-state index in [4.69, 9.17) is 0 Å². The Labute approximate surface area is 73.7 Å². The lowest BCUT2D eigenvalue weighted by Gasteiger charge is -2.04. The average Bonchev–Trinajstić information content (AvgIpc) is 2.11. The number of ketones is 2. The molecule has 0 atom stereocenters. The van der Waals surface area contributed by atoms with Gasteiger partial charge in [-0.3, -0.25) is 19.7 Å². The van der Waals surface area contributed by atoms with E-state index in [0.29, 0.717) is 0 Å². The molecular weight excluding hydrogens is 207 g/mol. The number of halogens is 3. The van der Waals surface area contributed by atoms with E-state index >= 15 is 0 Å². The second kappa shape index (κ2) is 3.05. The molecule has 1 aliphatic rings. The molecule has 0 unspecified atom stereocenters. The smallest absolute Gasteiger partial charge is 0.282 e. The van der Waals surface area contributed by atoms with Gasteiger partial charge in [0, 0.05) is 0 Å². The van der Waals surface area contributed by atoms with Crippen LogP contribution in [0, 0.1) is 10.1 Å². The highest BCUT2D eigenvalue weighted by molar-refractivity contribution is 6.49. The third-order valence-electron chi connectivity index (χ3n) is 1.40. The maximum Gasteiger partial charge on any atom is 0.359 e. The van der Waals surface area contributed by atoms with Crippen LogP contribution in [-0.2, 0) is 9.59 Å². The van der Waals surface area contributed by atoms with Gasteiger partial charge in [-0.15, -0.1) is 0 Å². The number of Topliss-reactive ketones (excluding diaryl/α,β-unsaturated/α-hetero) is 2. The lowest BCUT2D eigenvalue weighted by molar-refractivity contribution is -0.420. The van der Waals surface area contributed by atoms with Crippen molar-refractivity contribution in [2.24, 2.45) is 0 Å². The van der Waals surface area contributed by atoms with Gasteiger partial charge in [0.2, 0.25) is 17.5 Å². The van der Waals surface area contributed by atoms with E-state index in [-0.39, 0.29) is 0 Å². The molecule has 1 aliphatic carbocycles. The fourth-order valence-corrected chi connectivity index (χ4v) is 0.770. The molecule has 14 heavy (non-hydrogen) atoms. The Kier molecular flexibility index (Phi) is 2.20. The lowest BCUT2D eigenvalue weighted by atomic mass is 10.1. The minimum atomic E-state index is -2.32. The number of allylic oxidation sites excluding steroid dienone is 4. The quantitative estimate of drug-likeness (QED) is 0.275. The molecule has 0 fully saturated rings. The molecule has 0 N–H and O–H groups in total. The van der Waals surface area contributed by atoms with E-state index in [2.05, 4.69) is 0 Å². The number of carbonyl (C=O) groups excluding carboxylic acids is 2. The van der Waals surface area contributed by atoms with Crippen LogP contribution in [0.4, 0.5) is 13.2 Å². The first-order chi connectivity index (χ1) is 6.37. The first-order valence-corrected chi connectivity index (χ1v) is 3.06. The number of nitrogens with zero attached hydrogens (tertiary/aromatic N) is 1. The van der Waals surface area contributed by atoms with Gasteiger partial charge in [-0.2, -0.15) is 8.78 Å². The normalized spacial score (nSPS) is 17.9. The van der Waals surface area contributed by atoms with Crippen molar-refractivity contribution in [3.8, 4) is 0 Å². The predicted molar refractivity (Wildman–Crippen MR) is 34.4 cm³/mol. The average molecular weight is 207 g/mol. The highest BCUT2D eigenvalue weighted by Gasteiger charge is 2.44. The summed E-state index contributed by atoms with van der Waals surface area (Å²) >= 11 is 0. The summed E-state index contributed by atoms with van der Waals surface area (Å²) in [5, 5.41) is 10.00. The minimum Gasteiger partial charge on any atom is -0.282 e. The largest absolute Gasteiger partial charge is 0.359 e. The van der Waals surface area contributed by atoms with Gasteiger partial charge >= 0.3 is 11.5 Å². The van der Waals surface area contributed by atoms with Crippen LogP contribution < -0.4 is 0 Å². The Hall–Kier alpha value is -1.99. The van der Waals surface area contributed by atoms with Gasteiger partial charge in [0.15, 0.2) is 0 Å². The zero-order valence-electron chi connectivity index (χ0n) is 6.21. The van der Waals surface area contributed by atoms with Crippen molar-refractivity contribution in [1.29, 1.82) is 0 Å². The highest BCUT2D eigenvalue weighted by Crippen LogP contribution is 2.29. The van der Waals surface area contributed by atoms with Crippen LogP contribution in [-0.4, -0.2) is 16.5 Å². The molecule has 0 heterocycles. The van der Waals surface area contributed by atoms with Crippen LogP contribution in [0.3, 0.4) is 0 Å². The molecule has 0 saturated carbocycles. The van der Waals surface area contributed by atoms with Gasteiger partial charge in [0.25, 0.3) is 5.78 Å². The lowest BCUT2D eigenvalue weighted by Crippen LogP contribution is -2.26. The molecule has 0 aromatic carbocycles. The predicted octanol–water partition coefficient (Wildman–Crippen LogP) is 0.747. The summed E-state index contributed by atoms with van der Waals surface area (Å²) in [4.78, 5) is 29.5. The molecule has 0 spiro atoms. The fourth-order valence-electron chi connectivity index (χ4n) is 0.770. The number of nitro groups is 1. The minimum absolute atomic E-state index is 1.58. The van der Waals surface area contributed by atoms with E-state index in [1.54, 1.807) is 0 Å². The van der Waals surface area contributed by atoms with Gasteiger partial charge in [-0.1, -0.05) is 0 Å². The van der Waals surface area contributed by atoms with Crippen LogP contribution in [0.15, 0.2) is 23.2 Å². The van der Waals surface area contributed by atoms with Crippen molar-refractivity contribution in [1.82, 2.24) is 0 Å². The van der Waals surface area contributed by atoms with Gasteiger partial charge in [0.1, 0.15) is 0 Å². The van der Waals surface area contributed by atoms with Crippen LogP contribution in [0.5, 0.6) is 0 Å². The summed E-state index contributed by atoms with van der Waals surface area (Å²) in [5.74, 6) is -10.9. The highest BCUT2D eigenvalue weighted by atomic mass is 19.2. The summed E-state index contributed by atoms with van der Waals surface area (Å²) in [6.07, 6.45) is 0. The maximum absolute atomic E-state index is 12.6. The topological polar surface area (TPSA) is 77.3 Å². The molecule has 0 aromatic rings. The Balaban J connectivity index is 3.48. The molecule has 0 bridgehead atoms. The van der Waals surface area contributed by atoms with E-state index in [0.717, 1.165) is 0 Å². The van der Waals surface area contributed by atoms with Crippen molar-refractivity contribution < 1.29 is 27.7 Å². The molecule has 0 aromatic heterocycles. The van der Waals surface area contributed by atoms with Crippen molar-refractivity contribution in [3.63, 3.8) is 0 Å². The molecular formula is C6F3NO4. The summed E-state index contributed by atoms with van der Waals surface area (Å²) in [6, 6.07) is 0. The zero-order chi connectivity index (χ0) is 11.0. The third kappa shape index (κ3) is 1.20. The monoisotopic (exact) mass is 207 g/mol. The molecule has 0 radical (unpaired) electrons. The van der Waals surface area contributed by atoms with Crippen LogP contribution in [0.1, 0.15) is 0 Å². The molecule has 0 saturated heterocycles. The van der Waals surface area contributed by atoms with Crippen LogP contribution >= 0.6 is 0 Å². The van der Waals surface area contributed by atoms with E-state index in [1.165, 1.54) is 0 Å². The van der Waals surface area contributed by atoms with Crippen molar-refractivity contribution in [2.75, 3.05) is 0 Å². The number of rotatable bonds is 1. The second-order valence-electron chi connectivity index (χ2n) is 2.21. The summed E-state index contributed by atoms with van der Waals surface area (Å²) in [7, 11) is 0. The Bertz CT molecular complexity index is 423. The summed E-state index contributed by atoms with van der Waals surface area (Å²) in [6.45, 7) is 0. The van der Waals surface area contributed by atoms with Crippen molar-refractivity contribution in [2.45, 2.75) is 0 Å². The van der Waals surface area contributed by atoms with Gasteiger partial charge in [-0.05, 0) is 0 Å². The number of hydrogen-bond acceptors (Lipinski definition) is 4. The van der Waals surface area contributed by atoms with Gasteiger partial charge < -0.3 is 0 Å². The molecule has 1 rings (SSSR count). The second-order valence-corrected chi connectivity index (χ2v) is 2.21. The zero-order valence-corrected chi connectivity index (χ0v) is 6.21. The Morgan fingerprint density at radius 3 is 1.86 bits per heavy atom. The van der Waals surface area contributed by atoms with E-state index < -0.39 is 39.7 Å². The summed E-state index contributed by atoms with van der Waals surface area (Å²) in [5.41, 5.74) is -1.88. The molecule has 0 aliphatic heterocycles. The van der Waals surface area contributed by atoms with Crippen molar-refractivity contribution >= 4 is 11.6 Å². The Morgan fingerprint density at radius 2 is 1.43 bits per heavy atom. The summed E-state index contributed by atoms with van der Waals surface area (Å²) < 4.78 is 37.3. The first kappa shape index (κ1) is 10.1. The van der Waals surface area contributed by atoms with Crippen molar-refractivity contribution in [3.05, 3.63) is 33.3 Å². The third-order valence-corrected chi connectivity index (χ3v) is 1.40. The molecule has 74 valence electrons. The molecule has 0 amide bonds.